The quantitative estimate of drug-likeness (QED) is 0.628. The Balaban J connectivity index is 1.68. The summed E-state index contributed by atoms with van der Waals surface area (Å²) in [5, 5.41) is 4.10. The standard InChI is InChI=1S/C21H25N3O2S/c1-15-7-6-9-17(16(15)2)22-20(25)13-24(11-12-26-3)14-21-23-18-8-4-5-10-19(18)27-21/h4-10H,11-14H2,1-3H3,(H,22,25)/p+1. The zero-order chi connectivity index (χ0) is 19.2. The van der Waals surface area contributed by atoms with Crippen LogP contribution in [-0.2, 0) is 16.1 Å². The van der Waals surface area contributed by atoms with Crippen molar-refractivity contribution >= 4 is 33.1 Å². The van der Waals surface area contributed by atoms with Crippen LogP contribution in [-0.4, -0.2) is 37.7 Å². The van der Waals surface area contributed by atoms with Gasteiger partial charge in [-0.05, 0) is 43.2 Å². The molecule has 0 radical (unpaired) electrons. The number of nitrogens with one attached hydrogen (secondary N) is 2. The van der Waals surface area contributed by atoms with E-state index in [1.54, 1.807) is 18.4 Å². The third-order valence-electron chi connectivity index (χ3n) is 4.69. The number of thiazole rings is 1. The molecule has 0 saturated heterocycles. The highest BCUT2D eigenvalue weighted by atomic mass is 32.1. The lowest BCUT2D eigenvalue weighted by Gasteiger charge is -2.18. The van der Waals surface area contributed by atoms with Crippen molar-refractivity contribution in [3.8, 4) is 0 Å². The second-order valence-electron chi connectivity index (χ2n) is 6.72. The topological polar surface area (TPSA) is 55.7 Å². The predicted octanol–water partition coefficient (Wildman–Crippen LogP) is 2.58. The minimum Gasteiger partial charge on any atom is -0.379 e. The van der Waals surface area contributed by atoms with Crippen molar-refractivity contribution in [3.63, 3.8) is 0 Å². The summed E-state index contributed by atoms with van der Waals surface area (Å²) >= 11 is 1.69. The maximum atomic E-state index is 12.6. The van der Waals surface area contributed by atoms with E-state index in [0.717, 1.165) is 33.2 Å². The van der Waals surface area contributed by atoms with E-state index in [1.807, 2.05) is 50.2 Å². The van der Waals surface area contributed by atoms with Gasteiger partial charge in [-0.1, -0.05) is 24.3 Å². The van der Waals surface area contributed by atoms with Crippen LogP contribution in [0.5, 0.6) is 0 Å². The van der Waals surface area contributed by atoms with Gasteiger partial charge in [-0.15, -0.1) is 11.3 Å². The number of carbonyl (C=O) groups excluding carboxylic acids is 1. The molecule has 0 aliphatic carbocycles. The van der Waals surface area contributed by atoms with Gasteiger partial charge in [0, 0.05) is 12.8 Å². The Morgan fingerprint density at radius 2 is 2.00 bits per heavy atom. The van der Waals surface area contributed by atoms with Gasteiger partial charge in [-0.3, -0.25) is 4.79 Å². The van der Waals surface area contributed by atoms with Gasteiger partial charge >= 0.3 is 0 Å². The molecule has 0 spiro atoms. The average Bonchev–Trinajstić information content (AvgIpc) is 3.05. The average molecular weight is 385 g/mol. The van der Waals surface area contributed by atoms with E-state index in [2.05, 4.69) is 11.4 Å². The Morgan fingerprint density at radius 1 is 1.19 bits per heavy atom. The molecule has 1 aromatic heterocycles. The molecule has 3 aromatic rings. The van der Waals surface area contributed by atoms with E-state index in [9.17, 15) is 4.79 Å². The maximum absolute atomic E-state index is 12.6. The van der Waals surface area contributed by atoms with E-state index >= 15 is 0 Å². The third-order valence-corrected chi connectivity index (χ3v) is 5.72. The molecule has 27 heavy (non-hydrogen) atoms. The molecule has 0 aliphatic heterocycles. The number of aryl methyl sites for hydroxylation is 1. The fraction of sp³-hybridized carbons (Fsp3) is 0.333. The summed E-state index contributed by atoms with van der Waals surface area (Å²) < 4.78 is 6.41. The smallest absolute Gasteiger partial charge is 0.279 e. The number of amides is 1. The first-order valence-corrected chi connectivity index (χ1v) is 9.91. The number of quaternary nitrogens is 1. The summed E-state index contributed by atoms with van der Waals surface area (Å²) in [4.78, 5) is 18.5. The SMILES string of the molecule is COCC[NH+](CC(=O)Nc1cccc(C)c1C)Cc1nc2ccccc2s1. The molecule has 142 valence electrons. The minimum absolute atomic E-state index is 0.0101. The van der Waals surface area contributed by atoms with Crippen molar-refractivity contribution in [1.82, 2.24) is 4.98 Å². The molecular weight excluding hydrogens is 358 g/mol. The molecule has 0 fully saturated rings. The molecule has 1 heterocycles. The molecule has 3 rings (SSSR count). The van der Waals surface area contributed by atoms with Gasteiger partial charge < -0.3 is 15.0 Å². The largest absolute Gasteiger partial charge is 0.379 e. The van der Waals surface area contributed by atoms with Gasteiger partial charge in [0.2, 0.25) is 0 Å². The van der Waals surface area contributed by atoms with E-state index in [4.69, 9.17) is 9.72 Å². The monoisotopic (exact) mass is 384 g/mol. The Hall–Kier alpha value is -2.28. The number of anilines is 1. The van der Waals surface area contributed by atoms with Gasteiger partial charge in [-0.2, -0.15) is 0 Å². The lowest BCUT2D eigenvalue weighted by atomic mass is 10.1. The van der Waals surface area contributed by atoms with Crippen LogP contribution < -0.4 is 10.2 Å². The zero-order valence-electron chi connectivity index (χ0n) is 16.0. The lowest BCUT2D eigenvalue weighted by Crippen LogP contribution is -3.12. The highest BCUT2D eigenvalue weighted by Gasteiger charge is 2.18. The van der Waals surface area contributed by atoms with Crippen LogP contribution in [0.1, 0.15) is 16.1 Å². The van der Waals surface area contributed by atoms with Gasteiger partial charge in [0.15, 0.2) is 6.54 Å². The first-order valence-electron chi connectivity index (χ1n) is 9.10. The molecule has 1 atom stereocenters. The third kappa shape index (κ3) is 5.13. The number of ether oxygens (including phenoxy) is 1. The first kappa shape index (κ1) is 19.5. The fourth-order valence-corrected chi connectivity index (χ4v) is 4.04. The lowest BCUT2D eigenvalue weighted by molar-refractivity contribution is -0.906. The molecule has 0 bridgehead atoms. The molecule has 6 heteroatoms. The van der Waals surface area contributed by atoms with Gasteiger partial charge in [0.1, 0.15) is 18.1 Å². The first-order chi connectivity index (χ1) is 13.1. The van der Waals surface area contributed by atoms with Crippen LogP contribution in [0.15, 0.2) is 42.5 Å². The summed E-state index contributed by atoms with van der Waals surface area (Å²) in [5.74, 6) is 0.0101. The second kappa shape index (κ2) is 9.08. The Morgan fingerprint density at radius 3 is 2.78 bits per heavy atom. The fourth-order valence-electron chi connectivity index (χ4n) is 3.00. The Labute approximate surface area is 164 Å². The number of aromatic nitrogens is 1. The van der Waals surface area contributed by atoms with Crippen LogP contribution in [0.25, 0.3) is 10.2 Å². The van der Waals surface area contributed by atoms with Crippen molar-refractivity contribution in [2.24, 2.45) is 0 Å². The number of rotatable bonds is 8. The van der Waals surface area contributed by atoms with E-state index in [-0.39, 0.29) is 5.91 Å². The number of carbonyl (C=O) groups is 1. The molecule has 1 unspecified atom stereocenters. The van der Waals surface area contributed by atoms with Gasteiger partial charge in [0.05, 0.1) is 16.8 Å². The number of methoxy groups -OCH3 is 1. The summed E-state index contributed by atoms with van der Waals surface area (Å²) in [6, 6.07) is 14.1. The van der Waals surface area contributed by atoms with Gasteiger partial charge in [0.25, 0.3) is 5.91 Å². The summed E-state index contributed by atoms with van der Waals surface area (Å²) in [6.45, 7) is 6.54. The molecule has 0 saturated carbocycles. The number of hydrogen-bond donors (Lipinski definition) is 2. The van der Waals surface area contributed by atoms with Gasteiger partial charge in [-0.25, -0.2) is 4.98 Å². The van der Waals surface area contributed by atoms with Crippen molar-refractivity contribution in [2.75, 3.05) is 32.1 Å². The van der Waals surface area contributed by atoms with Crippen LogP contribution in [0.2, 0.25) is 0 Å². The highest BCUT2D eigenvalue weighted by molar-refractivity contribution is 7.18. The molecule has 2 N–H and O–H groups in total. The molecule has 2 aromatic carbocycles. The molecule has 1 amide bonds. The normalized spacial score (nSPS) is 12.3. The number of hydrogen-bond acceptors (Lipinski definition) is 4. The summed E-state index contributed by atoms with van der Waals surface area (Å²) in [5.41, 5.74) is 4.18. The van der Waals surface area contributed by atoms with E-state index in [0.29, 0.717) is 19.7 Å². The highest BCUT2D eigenvalue weighted by Crippen LogP contribution is 2.21. The molecular formula is C21H26N3O2S+. The van der Waals surface area contributed by atoms with Crippen LogP contribution in [0, 0.1) is 13.8 Å². The summed E-state index contributed by atoms with van der Waals surface area (Å²) in [7, 11) is 1.69. The van der Waals surface area contributed by atoms with E-state index in [1.165, 1.54) is 10.3 Å². The van der Waals surface area contributed by atoms with Crippen LogP contribution in [0.4, 0.5) is 5.69 Å². The van der Waals surface area contributed by atoms with Crippen molar-refractivity contribution in [2.45, 2.75) is 20.4 Å². The summed E-state index contributed by atoms with van der Waals surface area (Å²) in [6.07, 6.45) is 0. The molecule has 5 nitrogen and oxygen atoms in total. The molecule has 0 aliphatic rings. The second-order valence-corrected chi connectivity index (χ2v) is 7.83. The van der Waals surface area contributed by atoms with E-state index < -0.39 is 0 Å². The number of nitrogens with zero attached hydrogens (tertiary/aromatic N) is 1. The van der Waals surface area contributed by atoms with Crippen LogP contribution in [0.3, 0.4) is 0 Å². The maximum Gasteiger partial charge on any atom is 0.279 e. The van der Waals surface area contributed by atoms with Crippen molar-refractivity contribution < 1.29 is 14.4 Å². The van der Waals surface area contributed by atoms with Crippen molar-refractivity contribution in [1.29, 1.82) is 0 Å². The minimum atomic E-state index is 0.0101. The number of para-hydroxylation sites is 1. The number of fused-ring (bicyclic) bond motifs is 1. The Bertz CT molecular complexity index is 890. The predicted molar refractivity (Wildman–Crippen MR) is 110 cm³/mol. The number of benzene rings is 2. The Kier molecular flexibility index (Phi) is 6.55. The van der Waals surface area contributed by atoms with Crippen LogP contribution >= 0.6 is 11.3 Å². The van der Waals surface area contributed by atoms with Crippen molar-refractivity contribution in [3.05, 3.63) is 58.6 Å². The zero-order valence-corrected chi connectivity index (χ0v) is 16.9.